The molecule has 3 aromatic rings. The number of hydrogen-bond acceptors (Lipinski definition) is 4. The van der Waals surface area contributed by atoms with Crippen LogP contribution in [0, 0.1) is 0 Å². The quantitative estimate of drug-likeness (QED) is 0.571. The van der Waals surface area contributed by atoms with Gasteiger partial charge in [0, 0.05) is 18.5 Å². The van der Waals surface area contributed by atoms with E-state index in [-0.39, 0.29) is 12.3 Å². The minimum absolute atomic E-state index is 0.0462. The summed E-state index contributed by atoms with van der Waals surface area (Å²) in [5.74, 6) is -1.48. The van der Waals surface area contributed by atoms with E-state index < -0.39 is 24.0 Å². The molecule has 3 amide bonds. The summed E-state index contributed by atoms with van der Waals surface area (Å²) in [7, 11) is 1.40. The molecular formula is C25H24N2O4. The zero-order valence-electron chi connectivity index (χ0n) is 17.2. The van der Waals surface area contributed by atoms with Crippen LogP contribution in [-0.2, 0) is 14.3 Å². The number of urea groups is 1. The average Bonchev–Trinajstić information content (AvgIpc) is 2.82. The first-order chi connectivity index (χ1) is 15.1. The predicted molar refractivity (Wildman–Crippen MR) is 117 cm³/mol. The van der Waals surface area contributed by atoms with Gasteiger partial charge in [0.15, 0.2) is 0 Å². The molecule has 0 unspecified atom stereocenters. The third-order valence-electron chi connectivity index (χ3n) is 4.83. The Morgan fingerprint density at radius 2 is 1.19 bits per heavy atom. The Bertz CT molecular complexity index is 968. The van der Waals surface area contributed by atoms with Gasteiger partial charge in [-0.3, -0.25) is 14.9 Å². The first kappa shape index (κ1) is 21.8. The summed E-state index contributed by atoms with van der Waals surface area (Å²) in [5, 5.41) is 4.50. The van der Waals surface area contributed by atoms with Crippen LogP contribution in [0.2, 0.25) is 0 Å². The van der Waals surface area contributed by atoms with E-state index in [0.717, 1.165) is 11.1 Å². The van der Waals surface area contributed by atoms with Crippen LogP contribution in [-0.4, -0.2) is 25.0 Å². The number of nitrogens with one attached hydrogen (secondary N) is 2. The van der Waals surface area contributed by atoms with Gasteiger partial charge in [-0.2, -0.15) is 0 Å². The molecule has 6 heteroatoms. The predicted octanol–water partition coefficient (Wildman–Crippen LogP) is 3.95. The van der Waals surface area contributed by atoms with Gasteiger partial charge in [-0.15, -0.1) is 0 Å². The number of hydrogen-bond donors (Lipinski definition) is 2. The second-order valence-electron chi connectivity index (χ2n) is 6.93. The number of carbonyl (C=O) groups is 3. The van der Waals surface area contributed by atoms with Gasteiger partial charge in [-0.1, -0.05) is 91.0 Å². The maximum absolute atomic E-state index is 12.9. The van der Waals surface area contributed by atoms with Gasteiger partial charge in [-0.25, -0.2) is 4.79 Å². The number of rotatable bonds is 7. The van der Waals surface area contributed by atoms with Crippen LogP contribution < -0.4 is 10.6 Å². The molecule has 0 aliphatic carbocycles. The van der Waals surface area contributed by atoms with Crippen molar-refractivity contribution in [3.63, 3.8) is 0 Å². The normalized spacial score (nSPS) is 11.4. The van der Waals surface area contributed by atoms with Crippen molar-refractivity contribution >= 4 is 17.9 Å². The molecule has 1 atom stereocenters. The monoisotopic (exact) mass is 416 g/mol. The van der Waals surface area contributed by atoms with Gasteiger partial charge in [0.1, 0.15) is 0 Å². The summed E-state index contributed by atoms with van der Waals surface area (Å²) in [6.07, 6.45) is -1.19. The van der Waals surface area contributed by atoms with Gasteiger partial charge in [0.2, 0.25) is 6.10 Å². The molecule has 0 heterocycles. The van der Waals surface area contributed by atoms with Gasteiger partial charge in [0.25, 0.3) is 5.91 Å². The van der Waals surface area contributed by atoms with Crippen LogP contribution in [0.3, 0.4) is 0 Å². The zero-order valence-corrected chi connectivity index (χ0v) is 17.2. The Balaban J connectivity index is 1.82. The Hall–Kier alpha value is -3.93. The van der Waals surface area contributed by atoms with Crippen LogP contribution in [0.1, 0.15) is 35.1 Å². The molecule has 0 saturated heterocycles. The summed E-state index contributed by atoms with van der Waals surface area (Å²) >= 11 is 0. The van der Waals surface area contributed by atoms with Gasteiger partial charge >= 0.3 is 12.0 Å². The zero-order chi connectivity index (χ0) is 22.1. The van der Waals surface area contributed by atoms with Crippen molar-refractivity contribution in [1.29, 1.82) is 0 Å². The molecule has 31 heavy (non-hydrogen) atoms. The lowest BCUT2D eigenvalue weighted by Gasteiger charge is -2.21. The molecule has 0 bridgehead atoms. The molecule has 0 aliphatic rings. The number of carbonyl (C=O) groups excluding carboxylic acids is 3. The SMILES string of the molecule is CNC(=O)NC(=O)[C@H](OC(=O)CC(c1ccccc1)c1ccccc1)c1ccccc1. The van der Waals surface area contributed by atoms with E-state index in [0.29, 0.717) is 5.56 Å². The molecule has 0 radical (unpaired) electrons. The van der Waals surface area contributed by atoms with E-state index in [9.17, 15) is 14.4 Å². The topological polar surface area (TPSA) is 84.5 Å². The van der Waals surface area contributed by atoms with Crippen molar-refractivity contribution in [2.45, 2.75) is 18.4 Å². The Morgan fingerprint density at radius 3 is 1.65 bits per heavy atom. The molecular weight excluding hydrogens is 392 g/mol. The van der Waals surface area contributed by atoms with Crippen molar-refractivity contribution in [2.24, 2.45) is 0 Å². The summed E-state index contributed by atoms with van der Waals surface area (Å²) in [4.78, 5) is 37.2. The third kappa shape index (κ3) is 6.02. The number of benzene rings is 3. The number of amides is 3. The van der Waals surface area contributed by atoms with E-state index in [1.165, 1.54) is 7.05 Å². The largest absolute Gasteiger partial charge is 0.447 e. The van der Waals surface area contributed by atoms with E-state index in [2.05, 4.69) is 10.6 Å². The first-order valence-corrected chi connectivity index (χ1v) is 9.95. The highest BCUT2D eigenvalue weighted by atomic mass is 16.5. The highest BCUT2D eigenvalue weighted by Gasteiger charge is 2.28. The molecule has 0 saturated carbocycles. The smallest absolute Gasteiger partial charge is 0.321 e. The molecule has 0 aromatic heterocycles. The van der Waals surface area contributed by atoms with Crippen LogP contribution in [0.25, 0.3) is 0 Å². The molecule has 0 aliphatic heterocycles. The van der Waals surface area contributed by atoms with E-state index in [1.807, 2.05) is 60.7 Å². The van der Waals surface area contributed by atoms with Gasteiger partial charge in [-0.05, 0) is 11.1 Å². The van der Waals surface area contributed by atoms with Gasteiger partial charge < -0.3 is 10.1 Å². The fourth-order valence-corrected chi connectivity index (χ4v) is 3.29. The second-order valence-corrected chi connectivity index (χ2v) is 6.93. The fourth-order valence-electron chi connectivity index (χ4n) is 3.29. The van der Waals surface area contributed by atoms with Crippen molar-refractivity contribution in [2.75, 3.05) is 7.05 Å². The minimum Gasteiger partial charge on any atom is -0.447 e. The first-order valence-electron chi connectivity index (χ1n) is 9.95. The minimum atomic E-state index is -1.24. The summed E-state index contributed by atoms with van der Waals surface area (Å²) in [5.41, 5.74) is 2.42. The summed E-state index contributed by atoms with van der Waals surface area (Å²) < 4.78 is 5.59. The molecule has 6 nitrogen and oxygen atoms in total. The van der Waals surface area contributed by atoms with E-state index in [4.69, 9.17) is 4.74 Å². The highest BCUT2D eigenvalue weighted by Crippen LogP contribution is 2.29. The lowest BCUT2D eigenvalue weighted by molar-refractivity contribution is -0.156. The standard InChI is InChI=1S/C25H24N2O4/c1-26-25(30)27-24(29)23(20-15-9-4-10-16-20)31-22(28)17-21(18-11-5-2-6-12-18)19-13-7-3-8-14-19/h2-16,21,23H,17H2,1H3,(H2,26,27,29,30)/t23-/m1/s1. The Labute approximate surface area is 181 Å². The van der Waals surface area contributed by atoms with Crippen LogP contribution >= 0.6 is 0 Å². The number of imide groups is 1. The molecule has 3 rings (SSSR count). The van der Waals surface area contributed by atoms with Crippen LogP contribution in [0.5, 0.6) is 0 Å². The van der Waals surface area contributed by atoms with Crippen LogP contribution in [0.4, 0.5) is 4.79 Å². The van der Waals surface area contributed by atoms with Crippen molar-refractivity contribution in [3.8, 4) is 0 Å². The van der Waals surface area contributed by atoms with E-state index >= 15 is 0 Å². The van der Waals surface area contributed by atoms with Crippen LogP contribution in [0.15, 0.2) is 91.0 Å². The second kappa shape index (κ2) is 10.7. The molecule has 3 aromatic carbocycles. The fraction of sp³-hybridized carbons (Fsp3) is 0.160. The molecule has 2 N–H and O–H groups in total. The molecule has 0 fully saturated rings. The molecule has 158 valence electrons. The lowest BCUT2D eigenvalue weighted by atomic mass is 9.88. The van der Waals surface area contributed by atoms with Crippen molar-refractivity contribution < 1.29 is 19.1 Å². The van der Waals surface area contributed by atoms with Gasteiger partial charge in [0.05, 0.1) is 6.42 Å². The summed E-state index contributed by atoms with van der Waals surface area (Å²) in [6.45, 7) is 0. The molecule has 0 spiro atoms. The summed E-state index contributed by atoms with van der Waals surface area (Å²) in [6, 6.07) is 27.3. The van der Waals surface area contributed by atoms with E-state index in [1.54, 1.807) is 30.3 Å². The highest BCUT2D eigenvalue weighted by molar-refractivity contribution is 5.97. The maximum Gasteiger partial charge on any atom is 0.321 e. The third-order valence-corrected chi connectivity index (χ3v) is 4.83. The maximum atomic E-state index is 12.9. The number of esters is 1. The lowest BCUT2D eigenvalue weighted by Crippen LogP contribution is -2.41. The average molecular weight is 416 g/mol. The Morgan fingerprint density at radius 1 is 0.742 bits per heavy atom. The van der Waals surface area contributed by atoms with Crippen molar-refractivity contribution in [3.05, 3.63) is 108 Å². The van der Waals surface area contributed by atoms with Crippen molar-refractivity contribution in [1.82, 2.24) is 10.6 Å². The number of ether oxygens (including phenoxy) is 1. The Kier molecular flexibility index (Phi) is 7.54.